The Kier molecular flexibility index (Phi) is 3.37. The van der Waals surface area contributed by atoms with Gasteiger partial charge in [0.2, 0.25) is 0 Å². The highest BCUT2D eigenvalue weighted by molar-refractivity contribution is 5.34. The van der Waals surface area contributed by atoms with E-state index in [4.69, 9.17) is 0 Å². The van der Waals surface area contributed by atoms with Crippen LogP contribution in [0.3, 0.4) is 0 Å². The third-order valence-corrected chi connectivity index (χ3v) is 6.96. The van der Waals surface area contributed by atoms with Gasteiger partial charge in [0.05, 0.1) is 6.10 Å². The van der Waals surface area contributed by atoms with Gasteiger partial charge in [-0.1, -0.05) is 31.5 Å². The van der Waals surface area contributed by atoms with Gasteiger partial charge >= 0.3 is 0 Å². The van der Waals surface area contributed by atoms with Crippen LogP contribution >= 0.6 is 0 Å². The van der Waals surface area contributed by atoms with Crippen LogP contribution in [-0.4, -0.2) is 11.2 Å². The molecule has 0 heterocycles. The third kappa shape index (κ3) is 1.93. The highest BCUT2D eigenvalue weighted by atomic mass is 16.3. The van der Waals surface area contributed by atoms with E-state index in [1.807, 2.05) is 0 Å². The first-order valence-corrected chi connectivity index (χ1v) is 8.93. The van der Waals surface area contributed by atoms with Crippen LogP contribution in [0.1, 0.15) is 68.9 Å². The largest absolute Gasteiger partial charge is 0.393 e. The van der Waals surface area contributed by atoms with Gasteiger partial charge in [-0.05, 0) is 85.3 Å². The van der Waals surface area contributed by atoms with E-state index < -0.39 is 0 Å². The summed E-state index contributed by atoms with van der Waals surface area (Å²) in [6.45, 7) is 2.29. The molecule has 0 saturated heterocycles. The molecule has 1 N–H and O–H groups in total. The number of aliphatic hydroxyl groups is 1. The van der Waals surface area contributed by atoms with Crippen molar-refractivity contribution in [2.75, 3.05) is 0 Å². The van der Waals surface area contributed by atoms with Crippen LogP contribution in [-0.2, 0) is 6.42 Å². The van der Waals surface area contributed by atoms with Gasteiger partial charge in [0.25, 0.3) is 0 Å². The van der Waals surface area contributed by atoms with E-state index in [1.54, 1.807) is 11.1 Å². The molecule has 4 rings (SSSR count). The number of hydrogen-bond donors (Lipinski definition) is 1. The number of benzene rings is 1. The lowest BCUT2D eigenvalue weighted by atomic mass is 9.53. The quantitative estimate of drug-likeness (QED) is 0.848. The highest BCUT2D eigenvalue weighted by Gasteiger charge is 2.56. The first-order valence-electron chi connectivity index (χ1n) is 8.93. The van der Waals surface area contributed by atoms with Gasteiger partial charge in [-0.25, -0.2) is 0 Å². The Hall–Kier alpha value is -0.820. The van der Waals surface area contributed by atoms with E-state index in [0.29, 0.717) is 0 Å². The van der Waals surface area contributed by atoms with Gasteiger partial charge in [-0.2, -0.15) is 0 Å². The summed E-state index contributed by atoms with van der Waals surface area (Å²) >= 11 is 0. The fourth-order valence-corrected chi connectivity index (χ4v) is 6.18. The molecular formula is C20H27O. The number of fused-ring (bicyclic) bond motifs is 5. The van der Waals surface area contributed by atoms with Crippen molar-refractivity contribution in [1.29, 1.82) is 0 Å². The first kappa shape index (κ1) is 13.8. The summed E-state index contributed by atoms with van der Waals surface area (Å²) in [6, 6.07) is 9.89. The van der Waals surface area contributed by atoms with Crippen molar-refractivity contribution in [2.24, 2.45) is 17.3 Å². The Morgan fingerprint density at radius 2 is 2.19 bits per heavy atom. The molecule has 2 fully saturated rings. The summed E-state index contributed by atoms with van der Waals surface area (Å²) in [6.07, 6.45) is 9.81. The standard InChI is InChI=1S/C20H27O/c1-2-12-20-13-11-16-15-6-4-3-5-14(15)7-8-17(16)18(20)9-10-19(20)21/h4-6,16-19,21H,2,7-13H2,1H3/t16-,17-,18+,19+,20?/m1/s1. The number of aliphatic hydroxyl groups excluding tert-OH is 1. The van der Waals surface area contributed by atoms with Gasteiger partial charge in [-0.15, -0.1) is 0 Å². The SMILES string of the molecule is CCCC12CC[C@@H]3c4cc[c]cc4CC[C@H]3[C@@H]1CC[C@@H]2O. The molecule has 5 atom stereocenters. The summed E-state index contributed by atoms with van der Waals surface area (Å²) in [5.41, 5.74) is 3.41. The van der Waals surface area contributed by atoms with E-state index in [1.165, 1.54) is 44.9 Å². The lowest BCUT2D eigenvalue weighted by Gasteiger charge is -2.51. The Bertz CT molecular complexity index is 522. The van der Waals surface area contributed by atoms with Crippen LogP contribution in [0, 0.1) is 23.3 Å². The highest BCUT2D eigenvalue weighted by Crippen LogP contribution is 2.62. The maximum absolute atomic E-state index is 10.7. The molecule has 2 saturated carbocycles. The molecule has 0 aliphatic heterocycles. The smallest absolute Gasteiger partial charge is 0.0599 e. The molecule has 1 nitrogen and oxygen atoms in total. The van der Waals surface area contributed by atoms with Crippen molar-refractivity contribution in [3.05, 3.63) is 35.4 Å². The van der Waals surface area contributed by atoms with Gasteiger partial charge in [0, 0.05) is 0 Å². The lowest BCUT2D eigenvalue weighted by Crippen LogP contribution is -2.45. The Morgan fingerprint density at radius 3 is 3.05 bits per heavy atom. The molecule has 0 bridgehead atoms. The summed E-state index contributed by atoms with van der Waals surface area (Å²) in [4.78, 5) is 0. The molecule has 1 aromatic rings. The molecule has 1 heteroatoms. The van der Waals surface area contributed by atoms with Gasteiger partial charge in [-0.3, -0.25) is 0 Å². The van der Waals surface area contributed by atoms with Gasteiger partial charge in [0.15, 0.2) is 0 Å². The maximum Gasteiger partial charge on any atom is 0.0599 e. The second-order valence-corrected chi connectivity index (χ2v) is 7.66. The van der Waals surface area contributed by atoms with Gasteiger partial charge < -0.3 is 5.11 Å². The molecule has 1 unspecified atom stereocenters. The van der Waals surface area contributed by atoms with Gasteiger partial charge in [0.1, 0.15) is 0 Å². The monoisotopic (exact) mass is 283 g/mol. The maximum atomic E-state index is 10.7. The van der Waals surface area contributed by atoms with Crippen molar-refractivity contribution in [3.63, 3.8) is 0 Å². The summed E-state index contributed by atoms with van der Waals surface area (Å²) in [5.74, 6) is 2.34. The number of rotatable bonds is 2. The zero-order chi connectivity index (χ0) is 14.4. The molecule has 1 aromatic carbocycles. The normalized spacial score (nSPS) is 41.2. The Balaban J connectivity index is 1.69. The molecule has 0 amide bonds. The average molecular weight is 283 g/mol. The minimum Gasteiger partial charge on any atom is -0.393 e. The van der Waals surface area contributed by atoms with Crippen molar-refractivity contribution in [1.82, 2.24) is 0 Å². The van der Waals surface area contributed by atoms with E-state index in [-0.39, 0.29) is 11.5 Å². The molecule has 0 aromatic heterocycles. The predicted octanol–water partition coefficient (Wildman–Crippen LogP) is 4.48. The van der Waals surface area contributed by atoms with Crippen LogP contribution in [0.25, 0.3) is 0 Å². The fourth-order valence-electron chi connectivity index (χ4n) is 6.18. The average Bonchev–Trinajstić information content (AvgIpc) is 2.85. The minimum absolute atomic E-state index is 0.0334. The summed E-state index contributed by atoms with van der Waals surface area (Å²) in [5, 5.41) is 10.7. The zero-order valence-electron chi connectivity index (χ0n) is 13.1. The molecule has 1 radical (unpaired) electrons. The van der Waals surface area contributed by atoms with Crippen LogP contribution < -0.4 is 0 Å². The van der Waals surface area contributed by atoms with E-state index >= 15 is 0 Å². The minimum atomic E-state index is -0.0334. The fraction of sp³-hybridized carbons (Fsp3) is 0.700. The molecule has 21 heavy (non-hydrogen) atoms. The molecule has 113 valence electrons. The van der Waals surface area contributed by atoms with Crippen molar-refractivity contribution < 1.29 is 5.11 Å². The molecular weight excluding hydrogens is 256 g/mol. The first-order chi connectivity index (χ1) is 10.3. The number of aryl methyl sites for hydroxylation is 1. The van der Waals surface area contributed by atoms with Crippen LogP contribution in [0.5, 0.6) is 0 Å². The molecule has 0 spiro atoms. The van der Waals surface area contributed by atoms with Crippen molar-refractivity contribution >= 4 is 0 Å². The second-order valence-electron chi connectivity index (χ2n) is 7.66. The van der Waals surface area contributed by atoms with Crippen molar-refractivity contribution in [3.8, 4) is 0 Å². The topological polar surface area (TPSA) is 20.2 Å². The van der Waals surface area contributed by atoms with E-state index in [2.05, 4.69) is 31.2 Å². The second kappa shape index (κ2) is 5.12. The Morgan fingerprint density at radius 1 is 1.29 bits per heavy atom. The van der Waals surface area contributed by atoms with Crippen LogP contribution in [0.2, 0.25) is 0 Å². The summed E-state index contributed by atoms with van der Waals surface area (Å²) < 4.78 is 0. The molecule has 3 aliphatic carbocycles. The van der Waals surface area contributed by atoms with Crippen LogP contribution in [0.15, 0.2) is 18.2 Å². The third-order valence-electron chi connectivity index (χ3n) is 6.96. The molecule has 3 aliphatic rings. The van der Waals surface area contributed by atoms with E-state index in [9.17, 15) is 5.11 Å². The number of hydrogen-bond acceptors (Lipinski definition) is 1. The lowest BCUT2D eigenvalue weighted by molar-refractivity contribution is -0.0432. The Labute approximate surface area is 128 Å². The van der Waals surface area contributed by atoms with Crippen molar-refractivity contribution in [2.45, 2.75) is 70.3 Å². The predicted molar refractivity (Wildman–Crippen MR) is 85.1 cm³/mol. The zero-order valence-corrected chi connectivity index (χ0v) is 13.1. The van der Waals surface area contributed by atoms with Crippen LogP contribution in [0.4, 0.5) is 0 Å². The summed E-state index contributed by atoms with van der Waals surface area (Å²) in [7, 11) is 0. The van der Waals surface area contributed by atoms with E-state index in [0.717, 1.165) is 24.2 Å².